The number of halogens is 1. The van der Waals surface area contributed by atoms with Gasteiger partial charge in [0.1, 0.15) is 17.3 Å². The summed E-state index contributed by atoms with van der Waals surface area (Å²) in [7, 11) is 1.58. The highest BCUT2D eigenvalue weighted by atomic mass is 19.1. The minimum Gasteiger partial charge on any atom is -0.497 e. The first-order valence-electron chi connectivity index (χ1n) is 7.25. The lowest BCUT2D eigenvalue weighted by atomic mass is 10.0. The number of rotatable bonds is 3. The SMILES string of the molecule is COc1ccc(C#Cc2cc(F)ccc2-c2n[nH]nc2C(N)=O)cc1. The fraction of sp³-hybridized carbons (Fsp3) is 0.0556. The number of aromatic amines is 1. The van der Waals surface area contributed by atoms with Crippen LogP contribution in [0.5, 0.6) is 5.75 Å². The lowest BCUT2D eigenvalue weighted by Crippen LogP contribution is -2.13. The molecule has 0 saturated heterocycles. The molecular formula is C18H13FN4O2. The van der Waals surface area contributed by atoms with Crippen molar-refractivity contribution in [2.24, 2.45) is 5.73 Å². The van der Waals surface area contributed by atoms with Gasteiger partial charge in [0, 0.05) is 16.7 Å². The van der Waals surface area contributed by atoms with Gasteiger partial charge in [0.15, 0.2) is 5.69 Å². The lowest BCUT2D eigenvalue weighted by molar-refractivity contribution is 0.0996. The second-order valence-corrected chi connectivity index (χ2v) is 5.05. The number of nitrogens with one attached hydrogen (secondary N) is 1. The van der Waals surface area contributed by atoms with E-state index < -0.39 is 11.7 Å². The predicted molar refractivity (Wildman–Crippen MR) is 89.3 cm³/mol. The third kappa shape index (κ3) is 3.48. The van der Waals surface area contributed by atoms with Gasteiger partial charge in [-0.25, -0.2) is 4.39 Å². The van der Waals surface area contributed by atoms with Gasteiger partial charge >= 0.3 is 0 Å². The molecule has 0 saturated carbocycles. The van der Waals surface area contributed by atoms with Gasteiger partial charge in [-0.1, -0.05) is 11.8 Å². The van der Waals surface area contributed by atoms with Crippen LogP contribution in [0.2, 0.25) is 0 Å². The molecule has 3 aromatic rings. The number of carbonyl (C=O) groups is 1. The Labute approximate surface area is 142 Å². The first-order valence-corrected chi connectivity index (χ1v) is 7.25. The van der Waals surface area contributed by atoms with Crippen LogP contribution in [0.15, 0.2) is 42.5 Å². The van der Waals surface area contributed by atoms with Crippen LogP contribution in [0.3, 0.4) is 0 Å². The van der Waals surface area contributed by atoms with Crippen molar-refractivity contribution in [3.63, 3.8) is 0 Å². The molecule has 7 heteroatoms. The van der Waals surface area contributed by atoms with Gasteiger partial charge in [0.25, 0.3) is 5.91 Å². The van der Waals surface area contributed by atoms with Gasteiger partial charge in [-0.15, -0.1) is 0 Å². The van der Waals surface area contributed by atoms with Crippen molar-refractivity contribution in [3.05, 3.63) is 65.1 Å². The average molecular weight is 336 g/mol. The maximum Gasteiger partial charge on any atom is 0.271 e. The molecule has 25 heavy (non-hydrogen) atoms. The van der Waals surface area contributed by atoms with Crippen molar-refractivity contribution in [2.75, 3.05) is 7.11 Å². The summed E-state index contributed by atoms with van der Waals surface area (Å²) in [6.07, 6.45) is 0. The van der Waals surface area contributed by atoms with Gasteiger partial charge in [0.05, 0.1) is 7.11 Å². The molecule has 3 N–H and O–H groups in total. The van der Waals surface area contributed by atoms with Crippen molar-refractivity contribution in [3.8, 4) is 28.8 Å². The smallest absolute Gasteiger partial charge is 0.271 e. The molecule has 124 valence electrons. The zero-order valence-electron chi connectivity index (χ0n) is 13.2. The van der Waals surface area contributed by atoms with Gasteiger partial charge < -0.3 is 10.5 Å². The summed E-state index contributed by atoms with van der Waals surface area (Å²) in [6, 6.07) is 11.1. The zero-order chi connectivity index (χ0) is 17.8. The number of hydrogen-bond donors (Lipinski definition) is 2. The monoisotopic (exact) mass is 336 g/mol. The average Bonchev–Trinajstić information content (AvgIpc) is 3.10. The van der Waals surface area contributed by atoms with E-state index in [0.717, 1.165) is 5.56 Å². The highest BCUT2D eigenvalue weighted by Gasteiger charge is 2.17. The number of amides is 1. The van der Waals surface area contributed by atoms with Crippen LogP contribution in [0.1, 0.15) is 21.6 Å². The van der Waals surface area contributed by atoms with Crippen LogP contribution in [0, 0.1) is 17.7 Å². The standard InChI is InChI=1S/C18H13FN4O2/c1-25-14-7-3-11(4-8-14)2-5-12-10-13(19)6-9-15(12)16-17(18(20)24)22-23-21-16/h3-4,6-10H,1H3,(H2,20,24)(H,21,22,23). The summed E-state index contributed by atoms with van der Waals surface area (Å²) in [4.78, 5) is 11.5. The molecule has 0 atom stereocenters. The van der Waals surface area contributed by atoms with Crippen molar-refractivity contribution < 1.29 is 13.9 Å². The Kier molecular flexibility index (Phi) is 4.44. The fourth-order valence-electron chi connectivity index (χ4n) is 2.23. The van der Waals surface area contributed by atoms with E-state index in [9.17, 15) is 9.18 Å². The number of methoxy groups -OCH3 is 1. The van der Waals surface area contributed by atoms with Crippen LogP contribution in [-0.2, 0) is 0 Å². The summed E-state index contributed by atoms with van der Waals surface area (Å²) in [6.45, 7) is 0. The molecule has 0 unspecified atom stereocenters. The number of hydrogen-bond acceptors (Lipinski definition) is 4. The minimum atomic E-state index is -0.734. The summed E-state index contributed by atoms with van der Waals surface area (Å²) in [5.41, 5.74) is 7.04. The number of nitrogens with zero attached hydrogens (tertiary/aromatic N) is 2. The van der Waals surface area contributed by atoms with Gasteiger partial charge in [-0.2, -0.15) is 15.4 Å². The highest BCUT2D eigenvalue weighted by Crippen LogP contribution is 2.24. The second kappa shape index (κ2) is 6.84. The Morgan fingerprint density at radius 1 is 1.16 bits per heavy atom. The fourth-order valence-corrected chi connectivity index (χ4v) is 2.23. The normalized spacial score (nSPS) is 10.0. The van der Waals surface area contributed by atoms with E-state index in [1.807, 2.05) is 0 Å². The van der Waals surface area contributed by atoms with E-state index in [2.05, 4.69) is 27.3 Å². The first kappa shape index (κ1) is 16.2. The minimum absolute atomic E-state index is 0.0286. The molecule has 2 aromatic carbocycles. The number of benzene rings is 2. The maximum atomic E-state index is 13.7. The first-order chi connectivity index (χ1) is 12.1. The third-order valence-corrected chi connectivity index (χ3v) is 3.45. The number of aromatic nitrogens is 3. The topological polar surface area (TPSA) is 93.9 Å². The van der Waals surface area contributed by atoms with Crippen LogP contribution in [-0.4, -0.2) is 28.4 Å². The molecule has 0 spiro atoms. The second-order valence-electron chi connectivity index (χ2n) is 5.05. The molecule has 1 amide bonds. The highest BCUT2D eigenvalue weighted by molar-refractivity contribution is 5.97. The Balaban J connectivity index is 2.04. The third-order valence-electron chi connectivity index (χ3n) is 3.45. The number of primary amides is 1. The van der Waals surface area contributed by atoms with Crippen molar-refractivity contribution >= 4 is 5.91 Å². The van der Waals surface area contributed by atoms with Crippen molar-refractivity contribution in [1.82, 2.24) is 15.4 Å². The van der Waals surface area contributed by atoms with E-state index in [1.54, 1.807) is 31.4 Å². The molecule has 0 aliphatic carbocycles. The van der Waals surface area contributed by atoms with E-state index in [0.29, 0.717) is 16.9 Å². The van der Waals surface area contributed by atoms with E-state index in [4.69, 9.17) is 10.5 Å². The molecule has 0 fully saturated rings. The lowest BCUT2D eigenvalue weighted by Gasteiger charge is -2.03. The van der Waals surface area contributed by atoms with E-state index in [1.165, 1.54) is 18.2 Å². The van der Waals surface area contributed by atoms with Gasteiger partial charge in [0.2, 0.25) is 0 Å². The van der Waals surface area contributed by atoms with Crippen LogP contribution >= 0.6 is 0 Å². The number of carbonyl (C=O) groups excluding carboxylic acids is 1. The van der Waals surface area contributed by atoms with E-state index >= 15 is 0 Å². The maximum absolute atomic E-state index is 13.7. The molecule has 0 bridgehead atoms. The van der Waals surface area contributed by atoms with Crippen molar-refractivity contribution in [1.29, 1.82) is 0 Å². The molecule has 0 aliphatic rings. The largest absolute Gasteiger partial charge is 0.497 e. The molecule has 0 aliphatic heterocycles. The molecule has 1 heterocycles. The molecule has 3 rings (SSSR count). The van der Waals surface area contributed by atoms with Crippen LogP contribution in [0.4, 0.5) is 4.39 Å². The molecule has 6 nitrogen and oxygen atoms in total. The van der Waals surface area contributed by atoms with Crippen molar-refractivity contribution in [2.45, 2.75) is 0 Å². The Morgan fingerprint density at radius 2 is 1.92 bits per heavy atom. The van der Waals surface area contributed by atoms with E-state index in [-0.39, 0.29) is 11.4 Å². The van der Waals surface area contributed by atoms with Crippen LogP contribution in [0.25, 0.3) is 11.3 Å². The van der Waals surface area contributed by atoms with Gasteiger partial charge in [-0.3, -0.25) is 4.79 Å². The zero-order valence-corrected chi connectivity index (χ0v) is 13.2. The number of nitrogens with two attached hydrogens (primary N) is 1. The Morgan fingerprint density at radius 3 is 2.60 bits per heavy atom. The molecule has 0 radical (unpaired) electrons. The summed E-state index contributed by atoms with van der Waals surface area (Å²) in [5, 5.41) is 10.0. The predicted octanol–water partition coefficient (Wildman–Crippen LogP) is 2.12. The quantitative estimate of drug-likeness (QED) is 0.716. The molecular weight excluding hydrogens is 323 g/mol. The van der Waals surface area contributed by atoms with Gasteiger partial charge in [-0.05, 0) is 42.5 Å². The Bertz CT molecular complexity index is 984. The summed E-state index contributed by atoms with van der Waals surface area (Å²) in [5.74, 6) is 5.37. The number of ether oxygens (including phenoxy) is 1. The van der Waals surface area contributed by atoms with Crippen LogP contribution < -0.4 is 10.5 Å². The summed E-state index contributed by atoms with van der Waals surface area (Å²) < 4.78 is 18.7. The molecule has 1 aromatic heterocycles. The Hall–Kier alpha value is -3.66. The summed E-state index contributed by atoms with van der Waals surface area (Å²) >= 11 is 0. The number of H-pyrrole nitrogens is 1.